The van der Waals surface area contributed by atoms with E-state index < -0.39 is 11.0 Å². The van der Waals surface area contributed by atoms with Crippen LogP contribution >= 0.6 is 0 Å². The molecular weight excluding hydrogens is 348 g/mol. The van der Waals surface area contributed by atoms with Crippen molar-refractivity contribution in [3.63, 3.8) is 0 Å². The van der Waals surface area contributed by atoms with E-state index in [-0.39, 0.29) is 16.9 Å². The van der Waals surface area contributed by atoms with Crippen molar-refractivity contribution >= 4 is 17.1 Å². The summed E-state index contributed by atoms with van der Waals surface area (Å²) in [5.74, 6) is 1.93. The topological polar surface area (TPSA) is 49.9 Å². The van der Waals surface area contributed by atoms with Gasteiger partial charge in [0.1, 0.15) is 0 Å². The summed E-state index contributed by atoms with van der Waals surface area (Å²) >= 11 is 0. The van der Waals surface area contributed by atoms with Crippen LogP contribution in [-0.2, 0) is 15.7 Å². The van der Waals surface area contributed by atoms with Crippen molar-refractivity contribution in [1.82, 2.24) is 9.21 Å². The van der Waals surface area contributed by atoms with Gasteiger partial charge in [0, 0.05) is 25.7 Å². The van der Waals surface area contributed by atoms with Gasteiger partial charge in [-0.25, -0.2) is 13.3 Å². The monoisotopic (exact) mass is 382 g/mol. The van der Waals surface area contributed by atoms with Crippen LogP contribution in [-0.4, -0.2) is 57.5 Å². The van der Waals surface area contributed by atoms with Crippen LogP contribution in [0, 0.1) is 17.3 Å². The lowest BCUT2D eigenvalue weighted by atomic mass is 9.54. The van der Waals surface area contributed by atoms with Gasteiger partial charge >= 0.3 is 6.09 Å². The van der Waals surface area contributed by atoms with Crippen molar-refractivity contribution in [3.8, 4) is 0 Å². The van der Waals surface area contributed by atoms with Crippen LogP contribution in [0.15, 0.2) is 0 Å². The molecule has 148 valence electrons. The molecule has 0 bridgehead atoms. The number of rotatable bonds is 4. The Balaban J connectivity index is 1.21. The summed E-state index contributed by atoms with van der Waals surface area (Å²) in [6.45, 7) is 4.13. The molecule has 1 aliphatic heterocycles. The van der Waals surface area contributed by atoms with Gasteiger partial charge in [0.05, 0.1) is 23.3 Å². The molecule has 1 amide bonds. The third kappa shape index (κ3) is 3.11. The third-order valence-electron chi connectivity index (χ3n) is 7.86. The van der Waals surface area contributed by atoms with Gasteiger partial charge < -0.3 is 9.64 Å². The standard InChI is InChI=1S/C20H34N2O3S/c1-19(21(2)18(23)25-3)11-17(12-19)26(24)22-13-20(14-22)9-16(10-20)15-7-5-4-6-8-15/h15-17H,4-14H2,1-3H3. The molecule has 4 rings (SSSR count). The summed E-state index contributed by atoms with van der Waals surface area (Å²) in [5.41, 5.74) is 0.284. The minimum absolute atomic E-state index is 0.193. The predicted molar refractivity (Wildman–Crippen MR) is 103 cm³/mol. The van der Waals surface area contributed by atoms with Crippen LogP contribution in [0.3, 0.4) is 0 Å². The van der Waals surface area contributed by atoms with E-state index in [1.54, 1.807) is 11.9 Å². The molecule has 0 aromatic heterocycles. The van der Waals surface area contributed by atoms with Gasteiger partial charge in [0.25, 0.3) is 0 Å². The molecule has 5 nitrogen and oxygen atoms in total. The number of ether oxygens (including phenoxy) is 1. The highest BCUT2D eigenvalue weighted by molar-refractivity contribution is 7.83. The van der Waals surface area contributed by atoms with E-state index in [1.165, 1.54) is 52.1 Å². The zero-order chi connectivity index (χ0) is 18.5. The number of methoxy groups -OCH3 is 1. The van der Waals surface area contributed by atoms with E-state index in [0.717, 1.165) is 37.8 Å². The first-order chi connectivity index (χ1) is 12.4. The zero-order valence-corrected chi connectivity index (χ0v) is 17.4. The Bertz CT molecular complexity index is 570. The van der Waals surface area contributed by atoms with E-state index in [1.807, 2.05) is 0 Å². The fourth-order valence-corrected chi connectivity index (χ4v) is 8.21. The molecule has 26 heavy (non-hydrogen) atoms. The Morgan fingerprint density at radius 2 is 1.69 bits per heavy atom. The van der Waals surface area contributed by atoms with Gasteiger partial charge in [-0.15, -0.1) is 0 Å². The highest BCUT2D eigenvalue weighted by Gasteiger charge is 2.57. The molecule has 1 heterocycles. The second-order valence-electron chi connectivity index (χ2n) is 9.70. The lowest BCUT2D eigenvalue weighted by Crippen LogP contribution is -2.67. The van der Waals surface area contributed by atoms with Crippen LogP contribution < -0.4 is 0 Å². The quantitative estimate of drug-likeness (QED) is 0.747. The average Bonchev–Trinajstić information content (AvgIpc) is 2.55. The Labute approximate surface area is 160 Å². The molecule has 4 fully saturated rings. The minimum atomic E-state index is -0.890. The molecule has 6 heteroatoms. The lowest BCUT2D eigenvalue weighted by Gasteiger charge is -2.61. The maximum Gasteiger partial charge on any atom is 0.409 e. The first kappa shape index (κ1) is 18.7. The summed E-state index contributed by atoms with van der Waals surface area (Å²) in [4.78, 5) is 13.4. The SMILES string of the molecule is COC(=O)N(C)C1(C)CC(S(=O)N2CC3(CC(C4CCCCC4)C3)C2)C1. The van der Waals surface area contributed by atoms with E-state index in [4.69, 9.17) is 4.74 Å². The first-order valence-corrected chi connectivity index (χ1v) is 11.5. The van der Waals surface area contributed by atoms with E-state index in [9.17, 15) is 9.00 Å². The highest BCUT2D eigenvalue weighted by atomic mass is 32.2. The van der Waals surface area contributed by atoms with E-state index in [2.05, 4.69) is 11.2 Å². The normalized spacial score (nSPS) is 35.9. The number of hydrogen-bond acceptors (Lipinski definition) is 3. The highest BCUT2D eigenvalue weighted by Crippen LogP contribution is 2.57. The fourth-order valence-electron chi connectivity index (χ4n) is 5.98. The molecular formula is C20H34N2O3S. The smallest absolute Gasteiger partial charge is 0.409 e. The van der Waals surface area contributed by atoms with E-state index >= 15 is 0 Å². The Morgan fingerprint density at radius 1 is 1.08 bits per heavy atom. The third-order valence-corrected chi connectivity index (χ3v) is 9.53. The van der Waals surface area contributed by atoms with Gasteiger partial charge in [0.2, 0.25) is 0 Å². The molecule has 0 aromatic rings. The molecule has 1 saturated heterocycles. The van der Waals surface area contributed by atoms with Gasteiger partial charge in [-0.05, 0) is 49.9 Å². The number of nitrogens with zero attached hydrogens (tertiary/aromatic N) is 2. The van der Waals surface area contributed by atoms with Crippen molar-refractivity contribution in [1.29, 1.82) is 0 Å². The zero-order valence-electron chi connectivity index (χ0n) is 16.5. The average molecular weight is 383 g/mol. The maximum atomic E-state index is 12.9. The Hall–Kier alpha value is -0.620. The van der Waals surface area contributed by atoms with E-state index in [0.29, 0.717) is 5.41 Å². The molecule has 1 unspecified atom stereocenters. The number of carbonyl (C=O) groups is 1. The molecule has 0 N–H and O–H groups in total. The van der Waals surface area contributed by atoms with Crippen LogP contribution in [0.5, 0.6) is 0 Å². The van der Waals surface area contributed by atoms with Crippen molar-refractivity contribution in [2.24, 2.45) is 17.3 Å². The summed E-state index contributed by atoms with van der Waals surface area (Å²) in [6.07, 6.45) is 11.3. The second-order valence-corrected chi connectivity index (χ2v) is 11.4. The molecule has 1 spiro atoms. The Kier molecular flexibility index (Phi) is 4.87. The molecule has 0 radical (unpaired) electrons. The summed E-state index contributed by atoms with van der Waals surface area (Å²) in [5, 5.41) is 0.193. The van der Waals surface area contributed by atoms with Crippen LogP contribution in [0.2, 0.25) is 0 Å². The first-order valence-electron chi connectivity index (χ1n) is 10.3. The van der Waals surface area contributed by atoms with Gasteiger partial charge in [0.15, 0.2) is 0 Å². The molecule has 4 aliphatic rings. The number of amides is 1. The summed E-state index contributed by atoms with van der Waals surface area (Å²) in [6, 6.07) is 0. The van der Waals surface area contributed by atoms with Crippen molar-refractivity contribution in [2.75, 3.05) is 27.2 Å². The largest absolute Gasteiger partial charge is 0.453 e. The van der Waals surface area contributed by atoms with Crippen LogP contribution in [0.1, 0.15) is 64.7 Å². The Morgan fingerprint density at radius 3 is 2.27 bits per heavy atom. The van der Waals surface area contributed by atoms with Crippen molar-refractivity contribution in [3.05, 3.63) is 0 Å². The number of hydrogen-bond donors (Lipinski definition) is 0. The second kappa shape index (κ2) is 6.77. The van der Waals surface area contributed by atoms with Gasteiger partial charge in [-0.2, -0.15) is 0 Å². The lowest BCUT2D eigenvalue weighted by molar-refractivity contribution is -0.0773. The fraction of sp³-hybridized carbons (Fsp3) is 0.950. The summed E-state index contributed by atoms with van der Waals surface area (Å²) < 4.78 is 19.9. The van der Waals surface area contributed by atoms with Crippen LogP contribution in [0.4, 0.5) is 4.79 Å². The predicted octanol–water partition coefficient (Wildman–Crippen LogP) is 3.56. The molecule has 3 saturated carbocycles. The van der Waals surface area contributed by atoms with Gasteiger partial charge in [-0.1, -0.05) is 32.1 Å². The minimum Gasteiger partial charge on any atom is -0.453 e. The van der Waals surface area contributed by atoms with Gasteiger partial charge in [-0.3, -0.25) is 0 Å². The number of carbonyl (C=O) groups excluding carboxylic acids is 1. The summed E-state index contributed by atoms with van der Waals surface area (Å²) in [7, 11) is 2.30. The van der Waals surface area contributed by atoms with Crippen molar-refractivity contribution < 1.29 is 13.7 Å². The maximum absolute atomic E-state index is 12.9. The van der Waals surface area contributed by atoms with Crippen LogP contribution in [0.25, 0.3) is 0 Å². The molecule has 0 aromatic carbocycles. The molecule has 3 aliphatic carbocycles. The van der Waals surface area contributed by atoms with Crippen molar-refractivity contribution in [2.45, 2.75) is 75.5 Å². The molecule has 1 atom stereocenters.